The third-order valence-corrected chi connectivity index (χ3v) is 3.23. The van der Waals surface area contributed by atoms with E-state index in [1.54, 1.807) is 6.07 Å². The molecule has 92 valence electrons. The van der Waals surface area contributed by atoms with Gasteiger partial charge in [0, 0.05) is 18.6 Å². The van der Waals surface area contributed by atoms with Crippen molar-refractivity contribution in [1.82, 2.24) is 4.98 Å². The zero-order chi connectivity index (χ0) is 12.3. The molecule has 2 unspecified atom stereocenters. The molecule has 0 spiro atoms. The molecule has 1 fully saturated rings. The van der Waals surface area contributed by atoms with E-state index in [9.17, 15) is 9.90 Å². The van der Waals surface area contributed by atoms with Crippen LogP contribution in [0, 0.1) is 5.92 Å². The molecular weight excluding hydrogens is 220 g/mol. The molecule has 2 atom stereocenters. The van der Waals surface area contributed by atoms with E-state index in [0.29, 0.717) is 0 Å². The summed E-state index contributed by atoms with van der Waals surface area (Å²) in [6.07, 6.45) is 4.71. The van der Waals surface area contributed by atoms with Gasteiger partial charge in [-0.15, -0.1) is 0 Å². The van der Waals surface area contributed by atoms with E-state index in [2.05, 4.69) is 10.3 Å². The van der Waals surface area contributed by atoms with Gasteiger partial charge in [0.25, 0.3) is 0 Å². The number of carbonyl (C=O) groups is 1. The number of rotatable bonds is 4. The van der Waals surface area contributed by atoms with Crippen molar-refractivity contribution in [3.63, 3.8) is 0 Å². The molecule has 1 heterocycles. The fraction of sp³-hybridized carbons (Fsp3) is 0.500. The van der Waals surface area contributed by atoms with Crippen LogP contribution < -0.4 is 5.32 Å². The van der Waals surface area contributed by atoms with Crippen molar-refractivity contribution in [1.29, 1.82) is 0 Å². The van der Waals surface area contributed by atoms with Gasteiger partial charge in [-0.2, -0.15) is 0 Å². The second kappa shape index (κ2) is 5.14. The molecule has 0 aromatic carbocycles. The van der Waals surface area contributed by atoms with E-state index in [4.69, 9.17) is 5.11 Å². The first-order valence-corrected chi connectivity index (χ1v) is 5.77. The summed E-state index contributed by atoms with van der Waals surface area (Å²) >= 11 is 0. The molecule has 17 heavy (non-hydrogen) atoms. The SMILES string of the molecule is O=C(O)c1ccc(NC2CCCC2CO)cn1. The molecule has 0 aliphatic heterocycles. The first kappa shape index (κ1) is 11.9. The van der Waals surface area contributed by atoms with Crippen LogP contribution in [0.2, 0.25) is 0 Å². The van der Waals surface area contributed by atoms with Crippen LogP contribution in [0.15, 0.2) is 18.3 Å². The maximum atomic E-state index is 10.6. The van der Waals surface area contributed by atoms with E-state index in [1.807, 2.05) is 0 Å². The van der Waals surface area contributed by atoms with Crippen LogP contribution in [0.5, 0.6) is 0 Å². The number of anilines is 1. The third-order valence-electron chi connectivity index (χ3n) is 3.23. The van der Waals surface area contributed by atoms with Crippen molar-refractivity contribution >= 4 is 11.7 Å². The molecule has 0 radical (unpaired) electrons. The maximum absolute atomic E-state index is 10.6. The number of aliphatic hydroxyl groups excluding tert-OH is 1. The molecule has 1 aromatic rings. The second-order valence-electron chi connectivity index (χ2n) is 4.36. The number of aromatic nitrogens is 1. The Morgan fingerprint density at radius 1 is 1.47 bits per heavy atom. The van der Waals surface area contributed by atoms with Gasteiger partial charge >= 0.3 is 5.97 Å². The smallest absolute Gasteiger partial charge is 0.354 e. The standard InChI is InChI=1S/C12H16N2O3/c15-7-8-2-1-3-10(8)14-9-4-5-11(12(16)17)13-6-9/h4-6,8,10,14-15H,1-3,7H2,(H,16,17). The first-order valence-electron chi connectivity index (χ1n) is 5.77. The monoisotopic (exact) mass is 236 g/mol. The van der Waals surface area contributed by atoms with Crippen molar-refractivity contribution in [2.75, 3.05) is 11.9 Å². The highest BCUT2D eigenvalue weighted by Gasteiger charge is 2.26. The molecule has 1 aliphatic rings. The summed E-state index contributed by atoms with van der Waals surface area (Å²) in [6.45, 7) is 0.193. The number of pyridine rings is 1. The van der Waals surface area contributed by atoms with Gasteiger partial charge in [0.15, 0.2) is 0 Å². The lowest BCUT2D eigenvalue weighted by Gasteiger charge is -2.19. The Hall–Kier alpha value is -1.62. The minimum Gasteiger partial charge on any atom is -0.477 e. The summed E-state index contributed by atoms with van der Waals surface area (Å²) in [4.78, 5) is 14.5. The Morgan fingerprint density at radius 3 is 2.88 bits per heavy atom. The van der Waals surface area contributed by atoms with Gasteiger partial charge < -0.3 is 15.5 Å². The summed E-state index contributed by atoms with van der Waals surface area (Å²) < 4.78 is 0. The van der Waals surface area contributed by atoms with Crippen LogP contribution >= 0.6 is 0 Å². The van der Waals surface area contributed by atoms with Gasteiger partial charge in [-0.3, -0.25) is 0 Å². The average molecular weight is 236 g/mol. The number of aromatic carboxylic acids is 1. The van der Waals surface area contributed by atoms with Crippen LogP contribution in [0.25, 0.3) is 0 Å². The first-order chi connectivity index (χ1) is 8.20. The van der Waals surface area contributed by atoms with Crippen molar-refractivity contribution in [2.45, 2.75) is 25.3 Å². The largest absolute Gasteiger partial charge is 0.477 e. The molecule has 1 aliphatic carbocycles. The molecule has 1 aromatic heterocycles. The van der Waals surface area contributed by atoms with E-state index >= 15 is 0 Å². The minimum atomic E-state index is -1.02. The lowest BCUT2D eigenvalue weighted by molar-refractivity contribution is 0.0690. The summed E-state index contributed by atoms with van der Waals surface area (Å²) in [5.74, 6) is -0.736. The highest BCUT2D eigenvalue weighted by molar-refractivity contribution is 5.85. The van der Waals surface area contributed by atoms with E-state index in [-0.39, 0.29) is 24.3 Å². The normalized spacial score (nSPS) is 23.6. The number of carboxylic acid groups (broad SMARTS) is 1. The Balaban J connectivity index is 2.01. The van der Waals surface area contributed by atoms with Gasteiger partial charge in [-0.1, -0.05) is 6.42 Å². The summed E-state index contributed by atoms with van der Waals surface area (Å²) in [5, 5.41) is 21.2. The predicted octanol–water partition coefficient (Wildman–Crippen LogP) is 1.35. The molecule has 0 amide bonds. The van der Waals surface area contributed by atoms with Gasteiger partial charge in [0.05, 0.1) is 11.9 Å². The van der Waals surface area contributed by atoms with Gasteiger partial charge in [-0.25, -0.2) is 9.78 Å². The molecule has 0 bridgehead atoms. The lowest BCUT2D eigenvalue weighted by Crippen LogP contribution is -2.26. The minimum absolute atomic E-state index is 0.0423. The maximum Gasteiger partial charge on any atom is 0.354 e. The Kier molecular flexibility index (Phi) is 3.58. The van der Waals surface area contributed by atoms with E-state index < -0.39 is 5.97 Å². The molecule has 1 saturated carbocycles. The van der Waals surface area contributed by atoms with Crippen molar-refractivity contribution in [2.24, 2.45) is 5.92 Å². The zero-order valence-electron chi connectivity index (χ0n) is 9.47. The van der Waals surface area contributed by atoms with Crippen molar-refractivity contribution < 1.29 is 15.0 Å². The van der Waals surface area contributed by atoms with Gasteiger partial charge in [0.1, 0.15) is 5.69 Å². The van der Waals surface area contributed by atoms with Gasteiger partial charge in [0.2, 0.25) is 0 Å². The predicted molar refractivity (Wildman–Crippen MR) is 63.0 cm³/mol. The van der Waals surface area contributed by atoms with E-state index in [1.165, 1.54) is 12.3 Å². The van der Waals surface area contributed by atoms with Gasteiger partial charge in [-0.05, 0) is 25.0 Å². The van der Waals surface area contributed by atoms with E-state index in [0.717, 1.165) is 24.9 Å². The second-order valence-corrected chi connectivity index (χ2v) is 4.36. The molecule has 5 heteroatoms. The van der Waals surface area contributed by atoms with Crippen LogP contribution in [-0.2, 0) is 0 Å². The molecule has 3 N–H and O–H groups in total. The highest BCUT2D eigenvalue weighted by atomic mass is 16.4. The number of nitrogens with one attached hydrogen (secondary N) is 1. The third kappa shape index (κ3) is 2.74. The zero-order valence-corrected chi connectivity index (χ0v) is 9.47. The lowest BCUT2D eigenvalue weighted by atomic mass is 10.1. The number of hydrogen-bond acceptors (Lipinski definition) is 4. The summed E-state index contributed by atoms with van der Waals surface area (Å²) in [6, 6.07) is 3.45. The number of aliphatic hydroxyl groups is 1. The quantitative estimate of drug-likeness (QED) is 0.735. The van der Waals surface area contributed by atoms with Crippen LogP contribution in [0.3, 0.4) is 0 Å². The molecule has 0 saturated heterocycles. The average Bonchev–Trinajstić information content (AvgIpc) is 2.77. The highest BCUT2D eigenvalue weighted by Crippen LogP contribution is 2.27. The van der Waals surface area contributed by atoms with Crippen molar-refractivity contribution in [3.05, 3.63) is 24.0 Å². The fourth-order valence-electron chi connectivity index (χ4n) is 2.27. The summed E-state index contributed by atoms with van der Waals surface area (Å²) in [7, 11) is 0. The Bertz CT molecular complexity index is 391. The molecule has 2 rings (SSSR count). The van der Waals surface area contributed by atoms with Crippen LogP contribution in [0.4, 0.5) is 5.69 Å². The fourth-order valence-corrected chi connectivity index (χ4v) is 2.27. The molecular formula is C12H16N2O3. The number of hydrogen-bond donors (Lipinski definition) is 3. The van der Waals surface area contributed by atoms with Crippen LogP contribution in [0.1, 0.15) is 29.8 Å². The topological polar surface area (TPSA) is 82.5 Å². The van der Waals surface area contributed by atoms with Crippen LogP contribution in [-0.4, -0.2) is 33.8 Å². The van der Waals surface area contributed by atoms with Crippen molar-refractivity contribution in [3.8, 4) is 0 Å². The Labute approximate surface area is 99.5 Å². The number of carboxylic acids is 1. The summed E-state index contributed by atoms with van der Waals surface area (Å²) in [5.41, 5.74) is 0.848. The molecule has 5 nitrogen and oxygen atoms in total. The number of nitrogens with zero attached hydrogens (tertiary/aromatic N) is 1. The Morgan fingerprint density at radius 2 is 2.29 bits per heavy atom.